The van der Waals surface area contributed by atoms with Crippen LogP contribution in [-0.2, 0) is 6.42 Å². The van der Waals surface area contributed by atoms with Gasteiger partial charge in [-0.15, -0.1) is 0 Å². The summed E-state index contributed by atoms with van der Waals surface area (Å²) in [4.78, 5) is 0. The third kappa shape index (κ3) is 3.92. The van der Waals surface area contributed by atoms with Crippen LogP contribution in [0.15, 0.2) is 40.9 Å². The van der Waals surface area contributed by atoms with Crippen molar-refractivity contribution < 1.29 is 8.78 Å². The summed E-state index contributed by atoms with van der Waals surface area (Å²) in [6.07, 6.45) is 0.515. The summed E-state index contributed by atoms with van der Waals surface area (Å²) in [5.74, 6) is -1.12. The van der Waals surface area contributed by atoms with Crippen molar-refractivity contribution >= 4 is 27.3 Å². The molecule has 0 aliphatic rings. The molecule has 0 heterocycles. The van der Waals surface area contributed by atoms with Crippen molar-refractivity contribution in [2.24, 2.45) is 0 Å². The Morgan fingerprint density at radius 3 is 2.42 bits per heavy atom. The van der Waals surface area contributed by atoms with E-state index in [9.17, 15) is 8.78 Å². The summed E-state index contributed by atoms with van der Waals surface area (Å²) in [6.45, 7) is 0.545. The molecule has 0 fully saturated rings. The molecule has 0 aromatic heterocycles. The zero-order chi connectivity index (χ0) is 13.8. The Morgan fingerprint density at radius 2 is 1.74 bits per heavy atom. The molecular weight excluding hydrogens is 314 g/mol. The number of nitrogen functional groups attached to an aromatic ring is 1. The van der Waals surface area contributed by atoms with E-state index >= 15 is 0 Å². The molecule has 0 saturated heterocycles. The SMILES string of the molecule is Nc1ccc(Br)cc1NCCc1cc(F)cc(F)c1. The van der Waals surface area contributed by atoms with Gasteiger partial charge >= 0.3 is 0 Å². The van der Waals surface area contributed by atoms with Gasteiger partial charge in [-0.1, -0.05) is 15.9 Å². The number of hydrogen-bond donors (Lipinski definition) is 2. The highest BCUT2D eigenvalue weighted by Crippen LogP contribution is 2.23. The van der Waals surface area contributed by atoms with Crippen molar-refractivity contribution in [2.45, 2.75) is 6.42 Å². The van der Waals surface area contributed by atoms with Crippen LogP contribution in [0.2, 0.25) is 0 Å². The molecule has 2 nitrogen and oxygen atoms in total. The number of nitrogens with one attached hydrogen (secondary N) is 1. The predicted molar refractivity (Wildman–Crippen MR) is 77.1 cm³/mol. The number of nitrogens with two attached hydrogens (primary N) is 1. The predicted octanol–water partition coefficient (Wildman–Crippen LogP) is 3.96. The lowest BCUT2D eigenvalue weighted by atomic mass is 10.1. The summed E-state index contributed by atoms with van der Waals surface area (Å²) in [5, 5.41) is 3.14. The van der Waals surface area contributed by atoms with E-state index in [-0.39, 0.29) is 0 Å². The molecule has 0 saturated carbocycles. The van der Waals surface area contributed by atoms with E-state index in [4.69, 9.17) is 5.73 Å². The van der Waals surface area contributed by atoms with Gasteiger partial charge in [-0.25, -0.2) is 8.78 Å². The topological polar surface area (TPSA) is 38.0 Å². The Labute approximate surface area is 118 Å². The lowest BCUT2D eigenvalue weighted by Gasteiger charge is -2.10. The molecule has 0 aliphatic heterocycles. The van der Waals surface area contributed by atoms with Crippen molar-refractivity contribution in [1.29, 1.82) is 0 Å². The van der Waals surface area contributed by atoms with Crippen molar-refractivity contribution in [3.63, 3.8) is 0 Å². The molecule has 0 aliphatic carbocycles. The fraction of sp³-hybridized carbons (Fsp3) is 0.143. The average molecular weight is 327 g/mol. The van der Waals surface area contributed by atoms with Crippen LogP contribution in [0.3, 0.4) is 0 Å². The Hall–Kier alpha value is -1.62. The van der Waals surface area contributed by atoms with E-state index in [0.29, 0.717) is 24.2 Å². The maximum Gasteiger partial charge on any atom is 0.126 e. The highest BCUT2D eigenvalue weighted by atomic mass is 79.9. The Balaban J connectivity index is 1.98. The van der Waals surface area contributed by atoms with Crippen LogP contribution in [0, 0.1) is 11.6 Å². The minimum atomic E-state index is -0.558. The number of benzene rings is 2. The number of halogens is 3. The Bertz CT molecular complexity index is 567. The number of rotatable bonds is 4. The van der Waals surface area contributed by atoms with Gasteiger partial charge in [-0.3, -0.25) is 0 Å². The molecule has 0 atom stereocenters. The van der Waals surface area contributed by atoms with E-state index in [1.807, 2.05) is 12.1 Å². The Morgan fingerprint density at radius 1 is 1.05 bits per heavy atom. The van der Waals surface area contributed by atoms with Gasteiger partial charge in [0.1, 0.15) is 11.6 Å². The van der Waals surface area contributed by atoms with Crippen LogP contribution in [0.25, 0.3) is 0 Å². The molecule has 2 aromatic carbocycles. The standard InChI is InChI=1S/C14H13BrF2N2/c15-10-1-2-13(18)14(7-10)19-4-3-9-5-11(16)8-12(17)6-9/h1-2,5-8,19H,3-4,18H2. The maximum absolute atomic E-state index is 13.0. The minimum Gasteiger partial charge on any atom is -0.397 e. The summed E-state index contributed by atoms with van der Waals surface area (Å²) >= 11 is 3.36. The van der Waals surface area contributed by atoms with Gasteiger partial charge in [0, 0.05) is 17.1 Å². The monoisotopic (exact) mass is 326 g/mol. The molecular formula is C14H13BrF2N2. The second kappa shape index (κ2) is 6.02. The lowest BCUT2D eigenvalue weighted by molar-refractivity contribution is 0.580. The average Bonchev–Trinajstić information content (AvgIpc) is 2.32. The largest absolute Gasteiger partial charge is 0.397 e. The molecule has 3 N–H and O–H groups in total. The van der Waals surface area contributed by atoms with Gasteiger partial charge < -0.3 is 11.1 Å². The molecule has 0 spiro atoms. The van der Waals surface area contributed by atoms with E-state index in [2.05, 4.69) is 21.2 Å². The second-order valence-corrected chi connectivity index (χ2v) is 5.10. The first-order valence-electron chi connectivity index (χ1n) is 5.78. The van der Waals surface area contributed by atoms with Crippen molar-refractivity contribution in [1.82, 2.24) is 0 Å². The van der Waals surface area contributed by atoms with Crippen LogP contribution in [0.1, 0.15) is 5.56 Å². The van der Waals surface area contributed by atoms with Crippen molar-refractivity contribution in [3.8, 4) is 0 Å². The van der Waals surface area contributed by atoms with Gasteiger partial charge in [-0.05, 0) is 42.3 Å². The fourth-order valence-corrected chi connectivity index (χ4v) is 2.14. The molecule has 2 rings (SSSR count). The van der Waals surface area contributed by atoms with Crippen molar-refractivity contribution in [3.05, 3.63) is 58.1 Å². The zero-order valence-corrected chi connectivity index (χ0v) is 11.7. The second-order valence-electron chi connectivity index (χ2n) is 4.19. The minimum absolute atomic E-state index is 0.515. The molecule has 0 amide bonds. The molecule has 0 radical (unpaired) electrons. The molecule has 0 unspecified atom stereocenters. The van der Waals surface area contributed by atoms with Gasteiger partial charge in [0.2, 0.25) is 0 Å². The van der Waals surface area contributed by atoms with Crippen LogP contribution in [-0.4, -0.2) is 6.54 Å². The van der Waals surface area contributed by atoms with Gasteiger partial charge in [0.05, 0.1) is 11.4 Å². The van der Waals surface area contributed by atoms with Crippen LogP contribution in [0.4, 0.5) is 20.2 Å². The molecule has 5 heteroatoms. The van der Waals surface area contributed by atoms with E-state index in [1.165, 1.54) is 12.1 Å². The summed E-state index contributed by atoms with van der Waals surface area (Å²) in [6, 6.07) is 9.02. The molecule has 100 valence electrons. The third-order valence-electron chi connectivity index (χ3n) is 2.67. The highest BCUT2D eigenvalue weighted by molar-refractivity contribution is 9.10. The maximum atomic E-state index is 13.0. The van der Waals surface area contributed by atoms with E-state index < -0.39 is 11.6 Å². The summed E-state index contributed by atoms with van der Waals surface area (Å²) < 4.78 is 26.9. The number of anilines is 2. The normalized spacial score (nSPS) is 10.5. The fourth-order valence-electron chi connectivity index (χ4n) is 1.78. The van der Waals surface area contributed by atoms with Gasteiger partial charge in [0.15, 0.2) is 0 Å². The first-order chi connectivity index (χ1) is 9.04. The number of hydrogen-bond acceptors (Lipinski definition) is 2. The quantitative estimate of drug-likeness (QED) is 0.834. The zero-order valence-electron chi connectivity index (χ0n) is 10.1. The van der Waals surface area contributed by atoms with Crippen molar-refractivity contribution in [2.75, 3.05) is 17.6 Å². The smallest absolute Gasteiger partial charge is 0.126 e. The van der Waals surface area contributed by atoms with Gasteiger partial charge in [-0.2, -0.15) is 0 Å². The van der Waals surface area contributed by atoms with Gasteiger partial charge in [0.25, 0.3) is 0 Å². The van der Waals surface area contributed by atoms with Crippen LogP contribution < -0.4 is 11.1 Å². The molecule has 2 aromatic rings. The third-order valence-corrected chi connectivity index (χ3v) is 3.16. The first-order valence-corrected chi connectivity index (χ1v) is 6.58. The summed E-state index contributed by atoms with van der Waals surface area (Å²) in [5.41, 5.74) is 7.85. The molecule has 19 heavy (non-hydrogen) atoms. The van der Waals surface area contributed by atoms with E-state index in [0.717, 1.165) is 16.2 Å². The summed E-state index contributed by atoms with van der Waals surface area (Å²) in [7, 11) is 0. The van der Waals surface area contributed by atoms with E-state index in [1.54, 1.807) is 6.07 Å². The van der Waals surface area contributed by atoms with Crippen LogP contribution in [0.5, 0.6) is 0 Å². The first kappa shape index (κ1) is 13.8. The lowest BCUT2D eigenvalue weighted by Crippen LogP contribution is -2.07. The Kier molecular flexibility index (Phi) is 4.37. The van der Waals surface area contributed by atoms with Crippen LogP contribution >= 0.6 is 15.9 Å². The molecule has 0 bridgehead atoms. The highest BCUT2D eigenvalue weighted by Gasteiger charge is 2.02.